The summed E-state index contributed by atoms with van der Waals surface area (Å²) < 4.78 is 5.43. The summed E-state index contributed by atoms with van der Waals surface area (Å²) in [6.07, 6.45) is 3.17. The highest BCUT2D eigenvalue weighted by Crippen LogP contribution is 2.18. The van der Waals surface area contributed by atoms with Gasteiger partial charge >= 0.3 is 0 Å². The van der Waals surface area contributed by atoms with E-state index in [0.29, 0.717) is 27.6 Å². The number of ether oxygens (including phenoxy) is 1. The normalized spacial score (nSPS) is 10.2. The average molecular weight is 367 g/mol. The van der Waals surface area contributed by atoms with Gasteiger partial charge < -0.3 is 10.1 Å². The molecule has 0 aliphatic carbocycles. The van der Waals surface area contributed by atoms with E-state index in [1.807, 2.05) is 0 Å². The van der Waals surface area contributed by atoms with E-state index in [9.17, 15) is 9.59 Å². The first-order valence-electron chi connectivity index (χ1n) is 7.85. The summed E-state index contributed by atoms with van der Waals surface area (Å²) in [5.41, 5.74) is 1.63. The first-order chi connectivity index (χ1) is 12.6. The van der Waals surface area contributed by atoms with Gasteiger partial charge in [-0.1, -0.05) is 23.7 Å². The number of aromatic nitrogens is 1. The molecule has 0 saturated heterocycles. The van der Waals surface area contributed by atoms with Crippen LogP contribution in [0.25, 0.3) is 0 Å². The second-order valence-corrected chi connectivity index (χ2v) is 5.88. The van der Waals surface area contributed by atoms with Crippen LogP contribution in [-0.2, 0) is 4.79 Å². The molecule has 26 heavy (non-hydrogen) atoms. The summed E-state index contributed by atoms with van der Waals surface area (Å²) in [6, 6.07) is 16.8. The quantitative estimate of drug-likeness (QED) is 0.670. The molecule has 0 radical (unpaired) electrons. The van der Waals surface area contributed by atoms with Gasteiger partial charge in [0.25, 0.3) is 5.91 Å². The fourth-order valence-electron chi connectivity index (χ4n) is 2.28. The van der Waals surface area contributed by atoms with Crippen molar-refractivity contribution in [2.45, 2.75) is 0 Å². The second kappa shape index (κ2) is 8.27. The molecule has 6 heteroatoms. The lowest BCUT2D eigenvalue weighted by Crippen LogP contribution is -2.20. The maximum absolute atomic E-state index is 12.4. The highest BCUT2D eigenvalue weighted by atomic mass is 35.5. The number of nitrogens with one attached hydrogen (secondary N) is 1. The summed E-state index contributed by atoms with van der Waals surface area (Å²) in [6.45, 7) is -0.142. The standard InChI is InChI=1S/C20H15ClN2O3/c21-16-4-1-3-15(11-16)20(25)14-6-8-18(9-7-14)26-13-19(24)23-17-5-2-10-22-12-17/h1-12H,13H2,(H,23,24). The number of hydrogen-bond acceptors (Lipinski definition) is 4. The van der Waals surface area contributed by atoms with Crippen molar-refractivity contribution in [3.63, 3.8) is 0 Å². The first kappa shape index (κ1) is 17.6. The predicted octanol–water partition coefficient (Wildman–Crippen LogP) is 3.98. The number of ketones is 1. The van der Waals surface area contributed by atoms with Crippen molar-refractivity contribution in [1.82, 2.24) is 4.98 Å². The van der Waals surface area contributed by atoms with Gasteiger partial charge in [-0.25, -0.2) is 0 Å². The van der Waals surface area contributed by atoms with E-state index in [0.717, 1.165) is 0 Å². The van der Waals surface area contributed by atoms with E-state index in [4.69, 9.17) is 16.3 Å². The second-order valence-electron chi connectivity index (χ2n) is 5.44. The Bertz CT molecular complexity index is 912. The van der Waals surface area contributed by atoms with Crippen LogP contribution in [0, 0.1) is 0 Å². The zero-order valence-electron chi connectivity index (χ0n) is 13.7. The number of rotatable bonds is 6. The molecular weight excluding hydrogens is 352 g/mol. The van der Waals surface area contributed by atoms with Crippen molar-refractivity contribution in [2.75, 3.05) is 11.9 Å². The number of anilines is 1. The minimum Gasteiger partial charge on any atom is -0.484 e. The number of carbonyl (C=O) groups is 2. The molecule has 2 aromatic carbocycles. The zero-order chi connectivity index (χ0) is 18.4. The molecule has 3 aromatic rings. The van der Waals surface area contributed by atoms with Crippen LogP contribution in [0.3, 0.4) is 0 Å². The van der Waals surface area contributed by atoms with Crippen LogP contribution in [0.2, 0.25) is 5.02 Å². The highest BCUT2D eigenvalue weighted by Gasteiger charge is 2.10. The zero-order valence-corrected chi connectivity index (χ0v) is 14.4. The summed E-state index contributed by atoms with van der Waals surface area (Å²) in [5, 5.41) is 3.19. The largest absolute Gasteiger partial charge is 0.484 e. The number of amides is 1. The van der Waals surface area contributed by atoms with Crippen molar-refractivity contribution < 1.29 is 14.3 Å². The molecule has 1 amide bonds. The number of hydrogen-bond donors (Lipinski definition) is 1. The Labute approximate surface area is 155 Å². The SMILES string of the molecule is O=C(COc1ccc(C(=O)c2cccc(Cl)c2)cc1)Nc1cccnc1. The Kier molecular flexibility index (Phi) is 5.61. The average Bonchev–Trinajstić information content (AvgIpc) is 2.67. The van der Waals surface area contributed by atoms with Gasteiger partial charge in [0.2, 0.25) is 0 Å². The maximum atomic E-state index is 12.4. The Morgan fingerprint density at radius 2 is 1.81 bits per heavy atom. The van der Waals surface area contributed by atoms with Gasteiger partial charge in [-0.05, 0) is 48.5 Å². The molecule has 5 nitrogen and oxygen atoms in total. The number of nitrogens with zero attached hydrogens (tertiary/aromatic N) is 1. The van der Waals surface area contributed by atoms with Crippen LogP contribution in [0.15, 0.2) is 73.1 Å². The maximum Gasteiger partial charge on any atom is 0.262 e. The lowest BCUT2D eigenvalue weighted by atomic mass is 10.0. The van der Waals surface area contributed by atoms with E-state index >= 15 is 0 Å². The number of benzene rings is 2. The van der Waals surface area contributed by atoms with Crippen molar-refractivity contribution in [2.24, 2.45) is 0 Å². The summed E-state index contributed by atoms with van der Waals surface area (Å²) in [7, 11) is 0. The van der Waals surface area contributed by atoms with E-state index in [1.165, 1.54) is 0 Å². The third kappa shape index (κ3) is 4.68. The Balaban J connectivity index is 1.57. The Morgan fingerprint density at radius 3 is 2.50 bits per heavy atom. The van der Waals surface area contributed by atoms with Gasteiger partial charge in [-0.2, -0.15) is 0 Å². The van der Waals surface area contributed by atoms with Crippen molar-refractivity contribution in [1.29, 1.82) is 0 Å². The lowest BCUT2D eigenvalue weighted by molar-refractivity contribution is -0.118. The van der Waals surface area contributed by atoms with Gasteiger partial charge in [0.05, 0.1) is 11.9 Å². The Hall–Kier alpha value is -3.18. The fourth-order valence-corrected chi connectivity index (χ4v) is 2.47. The minimum absolute atomic E-state index is 0.131. The first-order valence-corrected chi connectivity index (χ1v) is 8.22. The molecule has 0 fully saturated rings. The molecule has 0 unspecified atom stereocenters. The summed E-state index contributed by atoms with van der Waals surface area (Å²) in [4.78, 5) is 28.2. The third-order valence-electron chi connectivity index (χ3n) is 3.52. The van der Waals surface area contributed by atoms with Crippen molar-refractivity contribution in [3.05, 3.63) is 89.2 Å². The molecule has 0 bridgehead atoms. The molecule has 0 saturated carbocycles. The summed E-state index contributed by atoms with van der Waals surface area (Å²) >= 11 is 5.92. The van der Waals surface area contributed by atoms with Gasteiger partial charge in [0.15, 0.2) is 12.4 Å². The number of halogens is 1. The van der Waals surface area contributed by atoms with Crippen LogP contribution in [0.5, 0.6) is 5.75 Å². The molecule has 1 aromatic heterocycles. The van der Waals surface area contributed by atoms with Crippen LogP contribution in [0.1, 0.15) is 15.9 Å². The molecule has 0 aliphatic heterocycles. The third-order valence-corrected chi connectivity index (χ3v) is 3.75. The Morgan fingerprint density at radius 1 is 1.00 bits per heavy atom. The molecule has 130 valence electrons. The molecule has 1 N–H and O–H groups in total. The summed E-state index contributed by atoms with van der Waals surface area (Å²) in [5.74, 6) is 0.0689. The van der Waals surface area contributed by atoms with Gasteiger partial charge in [-0.15, -0.1) is 0 Å². The van der Waals surface area contributed by atoms with Crippen LogP contribution < -0.4 is 10.1 Å². The highest BCUT2D eigenvalue weighted by molar-refractivity contribution is 6.31. The molecule has 1 heterocycles. The van der Waals surface area contributed by atoms with E-state index in [1.54, 1.807) is 73.1 Å². The van der Waals surface area contributed by atoms with E-state index in [2.05, 4.69) is 10.3 Å². The molecular formula is C20H15ClN2O3. The topological polar surface area (TPSA) is 68.3 Å². The van der Waals surface area contributed by atoms with Gasteiger partial charge in [0.1, 0.15) is 5.75 Å². The van der Waals surface area contributed by atoms with E-state index in [-0.39, 0.29) is 18.3 Å². The van der Waals surface area contributed by atoms with Crippen LogP contribution in [0.4, 0.5) is 5.69 Å². The molecule has 0 atom stereocenters. The molecule has 0 spiro atoms. The monoisotopic (exact) mass is 366 g/mol. The minimum atomic E-state index is -0.294. The van der Waals surface area contributed by atoms with Crippen LogP contribution in [-0.4, -0.2) is 23.3 Å². The smallest absolute Gasteiger partial charge is 0.262 e. The van der Waals surface area contributed by atoms with Crippen molar-refractivity contribution >= 4 is 29.0 Å². The predicted molar refractivity (Wildman–Crippen MR) is 99.7 cm³/mol. The fraction of sp³-hybridized carbons (Fsp3) is 0.0500. The molecule has 3 rings (SSSR count). The van der Waals surface area contributed by atoms with Crippen molar-refractivity contribution in [3.8, 4) is 5.75 Å². The lowest BCUT2D eigenvalue weighted by Gasteiger charge is -2.08. The van der Waals surface area contributed by atoms with Gasteiger partial charge in [0, 0.05) is 22.3 Å². The van der Waals surface area contributed by atoms with E-state index < -0.39 is 0 Å². The van der Waals surface area contributed by atoms with Crippen LogP contribution >= 0.6 is 11.6 Å². The number of pyridine rings is 1. The number of carbonyl (C=O) groups excluding carboxylic acids is 2. The molecule has 0 aliphatic rings. The van der Waals surface area contributed by atoms with Gasteiger partial charge in [-0.3, -0.25) is 14.6 Å².